The first kappa shape index (κ1) is 26.9. The lowest BCUT2D eigenvalue weighted by atomic mass is 9.97. The van der Waals surface area contributed by atoms with Gasteiger partial charge in [-0.1, -0.05) is 30.3 Å². The highest BCUT2D eigenvalue weighted by Crippen LogP contribution is 2.37. The summed E-state index contributed by atoms with van der Waals surface area (Å²) >= 11 is 0. The van der Waals surface area contributed by atoms with E-state index < -0.39 is 23.8 Å². The predicted molar refractivity (Wildman–Crippen MR) is 132 cm³/mol. The Balaban J connectivity index is 1.44. The third-order valence-corrected chi connectivity index (χ3v) is 6.89. The van der Waals surface area contributed by atoms with E-state index in [2.05, 4.69) is 5.32 Å². The number of rotatable bonds is 9. The van der Waals surface area contributed by atoms with Gasteiger partial charge in [-0.2, -0.15) is 13.2 Å². The summed E-state index contributed by atoms with van der Waals surface area (Å²) in [6, 6.07) is 10.9. The number of amides is 2. The third kappa shape index (κ3) is 6.60. The van der Waals surface area contributed by atoms with E-state index in [-0.39, 0.29) is 37.0 Å². The number of hydrogen-bond acceptors (Lipinski definition) is 4. The average Bonchev–Trinajstić information content (AvgIpc) is 3.60. The van der Waals surface area contributed by atoms with Crippen LogP contribution >= 0.6 is 0 Å². The van der Waals surface area contributed by atoms with Gasteiger partial charge in [-0.05, 0) is 55.8 Å². The van der Waals surface area contributed by atoms with Crippen LogP contribution in [0.1, 0.15) is 28.7 Å². The second-order valence-electron chi connectivity index (χ2n) is 9.94. The fourth-order valence-electron chi connectivity index (χ4n) is 4.65. The van der Waals surface area contributed by atoms with Crippen molar-refractivity contribution in [2.45, 2.75) is 38.3 Å². The molecule has 1 aliphatic heterocycles. The first-order valence-electron chi connectivity index (χ1n) is 12.4. The largest absolute Gasteiger partial charge is 0.416 e. The van der Waals surface area contributed by atoms with E-state index in [1.54, 1.807) is 11.0 Å². The van der Waals surface area contributed by atoms with Crippen LogP contribution in [-0.2, 0) is 35.3 Å². The number of likely N-dealkylation sites (N-methyl/N-ethyl adjacent to an activating group) is 1. The Morgan fingerprint density at radius 3 is 2.49 bits per heavy atom. The number of fused-ring (bicyclic) bond motifs is 1. The molecule has 200 valence electrons. The minimum atomic E-state index is -4.51. The SMILES string of the molecule is CN(C)CCN(Cc1ccccc1C(F)(F)F)C(=O)CNc1cccc2c1CCN(C(=O)C1CC1F)C2. The number of halogens is 4. The second-order valence-corrected chi connectivity index (χ2v) is 9.94. The number of benzene rings is 2. The summed E-state index contributed by atoms with van der Waals surface area (Å²) in [6.45, 7) is 1.43. The van der Waals surface area contributed by atoms with Crippen molar-refractivity contribution in [3.05, 3.63) is 64.7 Å². The number of carbonyl (C=O) groups excluding carboxylic acids is 2. The minimum Gasteiger partial charge on any atom is -0.376 e. The van der Waals surface area contributed by atoms with E-state index in [9.17, 15) is 27.2 Å². The fourth-order valence-corrected chi connectivity index (χ4v) is 4.65. The van der Waals surface area contributed by atoms with Gasteiger partial charge in [-0.15, -0.1) is 0 Å². The van der Waals surface area contributed by atoms with Crippen molar-refractivity contribution in [1.29, 1.82) is 0 Å². The van der Waals surface area contributed by atoms with Crippen LogP contribution in [0.4, 0.5) is 23.2 Å². The van der Waals surface area contributed by atoms with Crippen LogP contribution in [0.3, 0.4) is 0 Å². The molecular formula is C27H32F4N4O2. The number of hydrogen-bond donors (Lipinski definition) is 1. The number of anilines is 1. The molecule has 1 saturated carbocycles. The van der Waals surface area contributed by atoms with E-state index in [1.807, 2.05) is 37.2 Å². The molecule has 2 aromatic rings. The molecule has 2 atom stereocenters. The molecule has 2 aromatic carbocycles. The molecule has 0 saturated heterocycles. The van der Waals surface area contributed by atoms with Gasteiger partial charge in [-0.25, -0.2) is 4.39 Å². The maximum atomic E-state index is 13.5. The second kappa shape index (κ2) is 11.1. The van der Waals surface area contributed by atoms with Gasteiger partial charge in [0.1, 0.15) is 6.17 Å². The van der Waals surface area contributed by atoms with Crippen LogP contribution in [0.5, 0.6) is 0 Å². The van der Waals surface area contributed by atoms with Crippen LogP contribution in [0, 0.1) is 5.92 Å². The quantitative estimate of drug-likeness (QED) is 0.509. The lowest BCUT2D eigenvalue weighted by Gasteiger charge is -2.31. The standard InChI is InChI=1S/C27H32F4N4O2/c1-33(2)12-13-34(17-19-6-3-4-8-22(19)27(29,30)31)25(36)15-32-24-9-5-7-18-16-35(11-10-20(18)24)26(37)21-14-23(21)28/h3-9,21,23,32H,10-17H2,1-2H3. The number of nitrogens with zero attached hydrogens (tertiary/aromatic N) is 3. The first-order valence-corrected chi connectivity index (χ1v) is 12.4. The maximum absolute atomic E-state index is 13.5. The Morgan fingerprint density at radius 2 is 1.81 bits per heavy atom. The molecule has 2 aliphatic rings. The molecule has 6 nitrogen and oxygen atoms in total. The van der Waals surface area contributed by atoms with Gasteiger partial charge in [0.15, 0.2) is 0 Å². The molecule has 4 rings (SSSR count). The fraction of sp³-hybridized carbons (Fsp3) is 0.481. The molecular weight excluding hydrogens is 488 g/mol. The van der Waals surface area contributed by atoms with Gasteiger partial charge in [0.2, 0.25) is 11.8 Å². The summed E-state index contributed by atoms with van der Waals surface area (Å²) in [5, 5.41) is 3.17. The summed E-state index contributed by atoms with van der Waals surface area (Å²) in [7, 11) is 3.68. The Bertz CT molecular complexity index is 1140. The number of carbonyl (C=O) groups is 2. The normalized spacial score (nSPS) is 18.9. The monoisotopic (exact) mass is 520 g/mol. The van der Waals surface area contributed by atoms with Crippen molar-refractivity contribution in [1.82, 2.24) is 14.7 Å². The van der Waals surface area contributed by atoms with Crippen LogP contribution < -0.4 is 5.32 Å². The molecule has 1 N–H and O–H groups in total. The summed E-state index contributed by atoms with van der Waals surface area (Å²) in [5.74, 6) is -0.981. The highest BCUT2D eigenvalue weighted by molar-refractivity contribution is 5.83. The topological polar surface area (TPSA) is 55.9 Å². The third-order valence-electron chi connectivity index (χ3n) is 6.89. The molecule has 1 aliphatic carbocycles. The Kier molecular flexibility index (Phi) is 8.06. The number of alkyl halides is 4. The summed E-state index contributed by atoms with van der Waals surface area (Å²) in [5.41, 5.74) is 2.00. The molecule has 0 bridgehead atoms. The van der Waals surface area contributed by atoms with Crippen LogP contribution in [0.2, 0.25) is 0 Å². The van der Waals surface area contributed by atoms with Gasteiger partial charge in [0, 0.05) is 38.4 Å². The highest BCUT2D eigenvalue weighted by atomic mass is 19.4. The van der Waals surface area contributed by atoms with Gasteiger partial charge in [0.05, 0.1) is 18.0 Å². The summed E-state index contributed by atoms with van der Waals surface area (Å²) in [4.78, 5) is 30.6. The van der Waals surface area contributed by atoms with E-state index >= 15 is 0 Å². The maximum Gasteiger partial charge on any atom is 0.416 e. The van der Waals surface area contributed by atoms with E-state index in [1.165, 1.54) is 17.0 Å². The van der Waals surface area contributed by atoms with Crippen molar-refractivity contribution in [2.24, 2.45) is 5.92 Å². The van der Waals surface area contributed by atoms with Crippen molar-refractivity contribution in [3.8, 4) is 0 Å². The molecule has 2 amide bonds. The average molecular weight is 521 g/mol. The lowest BCUT2D eigenvalue weighted by molar-refractivity contribution is -0.139. The summed E-state index contributed by atoms with van der Waals surface area (Å²) < 4.78 is 53.9. The Morgan fingerprint density at radius 1 is 1.08 bits per heavy atom. The van der Waals surface area contributed by atoms with Gasteiger partial charge in [-0.3, -0.25) is 9.59 Å². The molecule has 0 spiro atoms. The zero-order chi connectivity index (χ0) is 26.7. The van der Waals surface area contributed by atoms with Gasteiger partial charge >= 0.3 is 6.18 Å². The lowest BCUT2D eigenvalue weighted by Crippen LogP contribution is -2.40. The van der Waals surface area contributed by atoms with Crippen molar-refractivity contribution < 1.29 is 27.2 Å². The highest BCUT2D eigenvalue weighted by Gasteiger charge is 2.46. The van der Waals surface area contributed by atoms with Crippen LogP contribution in [0.25, 0.3) is 0 Å². The van der Waals surface area contributed by atoms with Crippen LogP contribution in [0.15, 0.2) is 42.5 Å². The van der Waals surface area contributed by atoms with Gasteiger partial charge < -0.3 is 20.0 Å². The van der Waals surface area contributed by atoms with Crippen molar-refractivity contribution in [3.63, 3.8) is 0 Å². The molecule has 1 fully saturated rings. The molecule has 10 heteroatoms. The molecule has 37 heavy (non-hydrogen) atoms. The Hall–Kier alpha value is -3.14. The number of nitrogens with one attached hydrogen (secondary N) is 1. The smallest absolute Gasteiger partial charge is 0.376 e. The van der Waals surface area contributed by atoms with Crippen molar-refractivity contribution >= 4 is 17.5 Å². The van der Waals surface area contributed by atoms with E-state index in [0.29, 0.717) is 32.5 Å². The first-order chi connectivity index (χ1) is 17.5. The van der Waals surface area contributed by atoms with E-state index in [4.69, 9.17) is 0 Å². The molecule has 0 radical (unpaired) electrons. The van der Waals surface area contributed by atoms with Gasteiger partial charge in [0.25, 0.3) is 0 Å². The summed E-state index contributed by atoms with van der Waals surface area (Å²) in [6.07, 6.45) is -4.67. The molecule has 2 unspecified atom stereocenters. The zero-order valence-electron chi connectivity index (χ0n) is 21.0. The predicted octanol–water partition coefficient (Wildman–Crippen LogP) is 3.95. The van der Waals surface area contributed by atoms with Crippen LogP contribution in [-0.4, -0.2) is 73.0 Å². The Labute approximate surface area is 214 Å². The molecule has 0 aromatic heterocycles. The zero-order valence-corrected chi connectivity index (χ0v) is 21.0. The molecule has 1 heterocycles. The van der Waals surface area contributed by atoms with E-state index in [0.717, 1.165) is 22.9 Å². The van der Waals surface area contributed by atoms with Crippen molar-refractivity contribution in [2.75, 3.05) is 45.6 Å². The minimum absolute atomic E-state index is 0.0511.